The van der Waals surface area contributed by atoms with Crippen LogP contribution in [0.2, 0.25) is 0 Å². The number of carbonyl (C=O) groups excluding carboxylic acids is 1. The maximum atomic E-state index is 12.1. The van der Waals surface area contributed by atoms with Crippen molar-refractivity contribution < 1.29 is 17.9 Å². The van der Waals surface area contributed by atoms with E-state index in [9.17, 15) is 13.2 Å². The molecule has 1 aromatic carbocycles. The highest BCUT2D eigenvalue weighted by Crippen LogP contribution is 2.23. The van der Waals surface area contributed by atoms with E-state index in [0.29, 0.717) is 18.9 Å². The SMILES string of the molecule is Cc1cc(S(N)(=O)=O)cc(NC(=O)CC2COCCN2)c1C.Cl. The highest BCUT2D eigenvalue weighted by Gasteiger charge is 2.19. The van der Waals surface area contributed by atoms with Crippen LogP contribution in [0.5, 0.6) is 0 Å². The lowest BCUT2D eigenvalue weighted by molar-refractivity contribution is -0.117. The number of hydrogen-bond donors (Lipinski definition) is 3. The van der Waals surface area contributed by atoms with Crippen LogP contribution in [-0.2, 0) is 19.6 Å². The maximum Gasteiger partial charge on any atom is 0.238 e. The zero-order valence-corrected chi connectivity index (χ0v) is 14.7. The summed E-state index contributed by atoms with van der Waals surface area (Å²) in [5, 5.41) is 11.1. The molecule has 1 atom stereocenters. The fraction of sp³-hybridized carbons (Fsp3) is 0.500. The normalized spacial score (nSPS) is 18.1. The first kappa shape index (κ1) is 19.9. The summed E-state index contributed by atoms with van der Waals surface area (Å²) >= 11 is 0. The number of amides is 1. The van der Waals surface area contributed by atoms with E-state index in [4.69, 9.17) is 9.88 Å². The summed E-state index contributed by atoms with van der Waals surface area (Å²) in [6.07, 6.45) is 0.262. The number of morpholine rings is 1. The number of anilines is 1. The molecule has 130 valence electrons. The Morgan fingerprint density at radius 1 is 1.43 bits per heavy atom. The average Bonchev–Trinajstić information content (AvgIpc) is 2.43. The fourth-order valence-electron chi connectivity index (χ4n) is 2.30. The maximum absolute atomic E-state index is 12.1. The van der Waals surface area contributed by atoms with E-state index in [2.05, 4.69) is 10.6 Å². The molecule has 9 heteroatoms. The van der Waals surface area contributed by atoms with Crippen LogP contribution in [-0.4, -0.2) is 40.1 Å². The van der Waals surface area contributed by atoms with Gasteiger partial charge in [0.05, 0.1) is 18.1 Å². The minimum atomic E-state index is -3.81. The number of nitrogens with one attached hydrogen (secondary N) is 2. The van der Waals surface area contributed by atoms with Crippen molar-refractivity contribution in [3.8, 4) is 0 Å². The van der Waals surface area contributed by atoms with Crippen molar-refractivity contribution in [1.29, 1.82) is 0 Å². The third-order valence-corrected chi connectivity index (χ3v) is 4.57. The standard InChI is InChI=1S/C14H21N3O4S.ClH/c1-9-5-12(22(15,19)20)7-13(10(9)2)17-14(18)6-11-8-21-4-3-16-11;/h5,7,11,16H,3-4,6,8H2,1-2H3,(H,17,18)(H2,15,19,20);1H. The predicted molar refractivity (Wildman–Crippen MR) is 90.4 cm³/mol. The van der Waals surface area contributed by atoms with E-state index in [1.807, 2.05) is 6.92 Å². The van der Waals surface area contributed by atoms with Gasteiger partial charge < -0.3 is 15.4 Å². The lowest BCUT2D eigenvalue weighted by Crippen LogP contribution is -2.43. The zero-order valence-electron chi connectivity index (χ0n) is 13.1. The number of aryl methyl sites for hydroxylation is 1. The molecule has 4 N–H and O–H groups in total. The molecule has 0 spiro atoms. The van der Waals surface area contributed by atoms with Crippen LogP contribution in [0.1, 0.15) is 17.5 Å². The van der Waals surface area contributed by atoms with E-state index < -0.39 is 10.0 Å². The third-order valence-electron chi connectivity index (χ3n) is 3.67. The van der Waals surface area contributed by atoms with Crippen LogP contribution in [0, 0.1) is 13.8 Å². The number of halogens is 1. The van der Waals surface area contributed by atoms with Crippen LogP contribution in [0.3, 0.4) is 0 Å². The molecule has 0 saturated carbocycles. The number of sulfonamides is 1. The molecule has 0 radical (unpaired) electrons. The van der Waals surface area contributed by atoms with E-state index in [0.717, 1.165) is 17.7 Å². The smallest absolute Gasteiger partial charge is 0.238 e. The summed E-state index contributed by atoms with van der Waals surface area (Å²) in [5.41, 5.74) is 2.03. The first-order chi connectivity index (χ1) is 10.3. The molecule has 2 rings (SSSR count). The number of rotatable bonds is 4. The third kappa shape index (κ3) is 5.43. The average molecular weight is 364 g/mol. The van der Waals surface area contributed by atoms with Crippen molar-refractivity contribution in [2.24, 2.45) is 5.14 Å². The van der Waals surface area contributed by atoms with Crippen LogP contribution >= 0.6 is 12.4 Å². The van der Waals surface area contributed by atoms with Gasteiger partial charge in [0.25, 0.3) is 0 Å². The Hall–Kier alpha value is -1.19. The first-order valence-electron chi connectivity index (χ1n) is 7.02. The Morgan fingerprint density at radius 2 is 2.13 bits per heavy atom. The Balaban J connectivity index is 0.00000264. The molecule has 1 heterocycles. The molecular weight excluding hydrogens is 342 g/mol. The van der Waals surface area contributed by atoms with Crippen LogP contribution in [0.25, 0.3) is 0 Å². The number of benzene rings is 1. The number of nitrogens with two attached hydrogens (primary N) is 1. The molecule has 1 aliphatic rings. The molecule has 0 aliphatic carbocycles. The zero-order chi connectivity index (χ0) is 16.3. The fourth-order valence-corrected chi connectivity index (χ4v) is 2.92. The summed E-state index contributed by atoms with van der Waals surface area (Å²) in [5.74, 6) is -0.197. The Labute approximate surface area is 142 Å². The van der Waals surface area contributed by atoms with Crippen molar-refractivity contribution >= 4 is 34.0 Å². The Bertz CT molecular complexity index is 673. The van der Waals surface area contributed by atoms with Gasteiger partial charge in [-0.3, -0.25) is 4.79 Å². The number of primary sulfonamides is 1. The second-order valence-corrected chi connectivity index (χ2v) is 7.00. The molecule has 0 aromatic heterocycles. The van der Waals surface area contributed by atoms with Gasteiger partial charge in [-0.15, -0.1) is 12.4 Å². The minimum absolute atomic E-state index is 0. The molecule has 1 amide bonds. The van der Waals surface area contributed by atoms with E-state index in [-0.39, 0.29) is 35.7 Å². The molecule has 1 unspecified atom stereocenters. The lowest BCUT2D eigenvalue weighted by atomic mass is 10.1. The van der Waals surface area contributed by atoms with E-state index in [1.54, 1.807) is 6.92 Å². The molecule has 1 aliphatic heterocycles. The second-order valence-electron chi connectivity index (χ2n) is 5.44. The quantitative estimate of drug-likeness (QED) is 0.728. The van der Waals surface area contributed by atoms with Crippen molar-refractivity contribution in [2.45, 2.75) is 31.2 Å². The molecule has 7 nitrogen and oxygen atoms in total. The molecule has 1 aromatic rings. The second kappa shape index (κ2) is 8.07. The predicted octanol–water partition coefficient (Wildman–Crippen LogP) is 0.690. The van der Waals surface area contributed by atoms with E-state index in [1.165, 1.54) is 12.1 Å². The van der Waals surface area contributed by atoms with Gasteiger partial charge >= 0.3 is 0 Å². The molecule has 0 bridgehead atoms. The summed E-state index contributed by atoms with van der Waals surface area (Å²) < 4.78 is 28.3. The molecule has 1 fully saturated rings. The van der Waals surface area contributed by atoms with Gasteiger partial charge in [0.1, 0.15) is 0 Å². The van der Waals surface area contributed by atoms with Crippen molar-refractivity contribution in [1.82, 2.24) is 5.32 Å². The van der Waals surface area contributed by atoms with Crippen molar-refractivity contribution in [2.75, 3.05) is 25.1 Å². The van der Waals surface area contributed by atoms with Crippen LogP contribution < -0.4 is 15.8 Å². The Kier molecular flexibility index (Phi) is 6.97. The molecular formula is C14H22ClN3O4S. The van der Waals surface area contributed by atoms with Gasteiger partial charge in [0, 0.05) is 24.7 Å². The molecule has 23 heavy (non-hydrogen) atoms. The number of hydrogen-bond acceptors (Lipinski definition) is 5. The minimum Gasteiger partial charge on any atom is -0.378 e. The molecule has 1 saturated heterocycles. The van der Waals surface area contributed by atoms with Crippen molar-refractivity contribution in [3.63, 3.8) is 0 Å². The highest BCUT2D eigenvalue weighted by molar-refractivity contribution is 7.89. The summed E-state index contributed by atoms with van der Waals surface area (Å²) in [6, 6.07) is 2.86. The van der Waals surface area contributed by atoms with Gasteiger partial charge in [-0.1, -0.05) is 0 Å². The highest BCUT2D eigenvalue weighted by atomic mass is 35.5. The van der Waals surface area contributed by atoms with Gasteiger partial charge in [-0.25, -0.2) is 13.6 Å². The topological polar surface area (TPSA) is 111 Å². The van der Waals surface area contributed by atoms with Crippen LogP contribution in [0.15, 0.2) is 17.0 Å². The van der Waals surface area contributed by atoms with Crippen molar-refractivity contribution in [3.05, 3.63) is 23.3 Å². The largest absolute Gasteiger partial charge is 0.378 e. The van der Waals surface area contributed by atoms with Crippen LogP contribution in [0.4, 0.5) is 5.69 Å². The van der Waals surface area contributed by atoms with Gasteiger partial charge in [0.15, 0.2) is 0 Å². The lowest BCUT2D eigenvalue weighted by Gasteiger charge is -2.23. The van der Waals surface area contributed by atoms with Gasteiger partial charge in [-0.2, -0.15) is 0 Å². The summed E-state index contributed by atoms with van der Waals surface area (Å²) in [7, 11) is -3.81. The summed E-state index contributed by atoms with van der Waals surface area (Å²) in [4.78, 5) is 12.1. The number of ether oxygens (including phenoxy) is 1. The monoisotopic (exact) mass is 363 g/mol. The summed E-state index contributed by atoms with van der Waals surface area (Å²) in [6.45, 7) is 5.45. The van der Waals surface area contributed by atoms with Gasteiger partial charge in [-0.05, 0) is 37.1 Å². The number of carbonyl (C=O) groups is 1. The van der Waals surface area contributed by atoms with Gasteiger partial charge in [0.2, 0.25) is 15.9 Å². The first-order valence-corrected chi connectivity index (χ1v) is 8.57. The Morgan fingerprint density at radius 3 is 2.70 bits per heavy atom. The van der Waals surface area contributed by atoms with E-state index >= 15 is 0 Å².